The predicted molar refractivity (Wildman–Crippen MR) is 82.1 cm³/mol. The maximum absolute atomic E-state index is 11.2. The van der Waals surface area contributed by atoms with E-state index in [1.807, 2.05) is 0 Å². The van der Waals surface area contributed by atoms with Crippen LogP contribution in [0.25, 0.3) is 5.69 Å². The van der Waals surface area contributed by atoms with Crippen LogP contribution in [-0.2, 0) is 0 Å². The lowest BCUT2D eigenvalue weighted by Crippen LogP contribution is -2.21. The first-order valence-corrected chi connectivity index (χ1v) is 6.86. The van der Waals surface area contributed by atoms with Gasteiger partial charge >= 0.3 is 5.82 Å². The van der Waals surface area contributed by atoms with Crippen molar-refractivity contribution in [3.05, 3.63) is 75.2 Å². The molecular formula is C14H10ClN5O3. The molecule has 3 rings (SSSR count). The molecule has 1 N–H and O–H groups in total. The number of para-hydroxylation sites is 1. The fourth-order valence-electron chi connectivity index (χ4n) is 1.94. The predicted octanol–water partition coefficient (Wildman–Crippen LogP) is 2.71. The number of rotatable bonds is 3. The summed E-state index contributed by atoms with van der Waals surface area (Å²) in [6.07, 6.45) is 0. The van der Waals surface area contributed by atoms with Crippen LogP contribution in [0.5, 0.6) is 0 Å². The van der Waals surface area contributed by atoms with Crippen LogP contribution in [0.3, 0.4) is 0 Å². The second-order valence-corrected chi connectivity index (χ2v) is 4.94. The molecule has 0 radical (unpaired) electrons. The number of benzene rings is 2. The zero-order chi connectivity index (χ0) is 16.4. The Morgan fingerprint density at radius 1 is 1.13 bits per heavy atom. The molecule has 23 heavy (non-hydrogen) atoms. The highest BCUT2D eigenvalue weighted by atomic mass is 35.5. The molecular weight excluding hydrogens is 322 g/mol. The van der Waals surface area contributed by atoms with Gasteiger partial charge in [-0.1, -0.05) is 34.6 Å². The quantitative estimate of drug-likeness (QED) is 0.453. The Labute approximate surface area is 134 Å². The van der Waals surface area contributed by atoms with Crippen molar-refractivity contribution < 1.29 is 10.1 Å². The van der Waals surface area contributed by atoms with Crippen LogP contribution in [0.4, 0.5) is 11.5 Å². The van der Waals surface area contributed by atoms with Gasteiger partial charge in [0.1, 0.15) is 5.69 Å². The van der Waals surface area contributed by atoms with E-state index in [9.17, 15) is 15.3 Å². The minimum atomic E-state index is -0.707. The summed E-state index contributed by atoms with van der Waals surface area (Å²) in [5.41, 5.74) is 0.569. The van der Waals surface area contributed by atoms with Crippen molar-refractivity contribution >= 4 is 23.1 Å². The smallest absolute Gasteiger partial charge is 0.409 e. The summed E-state index contributed by atoms with van der Waals surface area (Å²) >= 11 is 5.81. The van der Waals surface area contributed by atoms with Gasteiger partial charge in [-0.15, -0.1) is 0 Å². The van der Waals surface area contributed by atoms with E-state index in [-0.39, 0.29) is 5.49 Å². The molecule has 9 heteroatoms. The van der Waals surface area contributed by atoms with E-state index >= 15 is 0 Å². The van der Waals surface area contributed by atoms with Gasteiger partial charge in [-0.3, -0.25) is 0 Å². The van der Waals surface area contributed by atoms with Crippen LogP contribution >= 0.6 is 11.6 Å². The number of nitrogens with zero attached hydrogens (tertiary/aromatic N) is 5. The molecule has 0 atom stereocenters. The summed E-state index contributed by atoms with van der Waals surface area (Å²) in [7, 11) is 0. The lowest BCUT2D eigenvalue weighted by molar-refractivity contribution is -0.391. The van der Waals surface area contributed by atoms with Crippen LogP contribution in [0.2, 0.25) is 5.02 Å². The van der Waals surface area contributed by atoms with Crippen molar-refractivity contribution in [1.29, 1.82) is 0 Å². The minimum Gasteiger partial charge on any atom is -0.409 e. The third-order valence-electron chi connectivity index (χ3n) is 2.98. The zero-order valence-corrected chi connectivity index (χ0v) is 12.3. The summed E-state index contributed by atoms with van der Waals surface area (Å²) in [6.45, 7) is 0. The molecule has 0 saturated heterocycles. The van der Waals surface area contributed by atoms with Gasteiger partial charge in [0, 0.05) is 5.02 Å². The topological polar surface area (TPSA) is 98.5 Å². The van der Waals surface area contributed by atoms with Crippen molar-refractivity contribution in [2.24, 2.45) is 4.99 Å². The highest BCUT2D eigenvalue weighted by Gasteiger charge is 2.24. The second kappa shape index (κ2) is 5.93. The van der Waals surface area contributed by atoms with Crippen molar-refractivity contribution in [1.82, 2.24) is 14.7 Å². The average Bonchev–Trinajstić information content (AvgIpc) is 2.87. The molecule has 1 heterocycles. The van der Waals surface area contributed by atoms with Gasteiger partial charge in [0.25, 0.3) is 5.49 Å². The molecule has 0 aliphatic carbocycles. The Morgan fingerprint density at radius 2 is 1.78 bits per heavy atom. The van der Waals surface area contributed by atoms with Gasteiger partial charge in [-0.2, -0.15) is 0 Å². The van der Waals surface area contributed by atoms with E-state index in [1.54, 1.807) is 54.6 Å². The summed E-state index contributed by atoms with van der Waals surface area (Å²) < 4.78 is 0. The molecule has 0 fully saturated rings. The first kappa shape index (κ1) is 14.8. The minimum absolute atomic E-state index is 0.281. The molecule has 0 unspecified atom stereocenters. The van der Waals surface area contributed by atoms with Gasteiger partial charge in [0.2, 0.25) is 0 Å². The highest BCUT2D eigenvalue weighted by molar-refractivity contribution is 6.30. The second-order valence-electron chi connectivity index (χ2n) is 4.51. The Balaban J connectivity index is 2.22. The van der Waals surface area contributed by atoms with Crippen LogP contribution in [0.15, 0.2) is 59.6 Å². The summed E-state index contributed by atoms with van der Waals surface area (Å²) in [5, 5.41) is 25.7. The number of nitro groups is 1. The molecule has 116 valence electrons. The Hall–Kier alpha value is -3.13. The normalized spacial score (nSPS) is 11.6. The molecule has 8 nitrogen and oxygen atoms in total. The summed E-state index contributed by atoms with van der Waals surface area (Å²) in [5.74, 6) is -0.564. The molecule has 0 amide bonds. The number of aromatic nitrogens is 3. The van der Waals surface area contributed by atoms with Gasteiger partial charge in [0.05, 0.1) is 10.8 Å². The lowest BCUT2D eigenvalue weighted by Gasteiger charge is -1.99. The third kappa shape index (κ3) is 2.92. The molecule has 3 aromatic rings. The molecule has 0 aliphatic heterocycles. The van der Waals surface area contributed by atoms with Gasteiger partial charge in [-0.05, 0) is 46.1 Å². The molecule has 0 spiro atoms. The fourth-order valence-corrected chi connectivity index (χ4v) is 2.06. The number of hydrogen-bond donors (Lipinski definition) is 1. The molecule has 1 aromatic heterocycles. The molecule has 0 aliphatic rings. The standard InChI is InChI=1S/C14H10ClN5O3/c15-10-6-8-12(9-7-10)18-17-14(20(22)23)13(19(18)21)16-11-4-2-1-3-5-11/h1-9,21H. The maximum atomic E-state index is 11.2. The fraction of sp³-hybridized carbons (Fsp3) is 0. The Kier molecular flexibility index (Phi) is 3.82. The van der Waals surface area contributed by atoms with Crippen molar-refractivity contribution in [2.75, 3.05) is 0 Å². The molecule has 0 bridgehead atoms. The SMILES string of the molecule is O=[N+]([O-])c1nn(-c2ccc(Cl)cc2)n(O)c1=Nc1ccccc1. The zero-order valence-electron chi connectivity index (χ0n) is 11.6. The largest absolute Gasteiger partial charge is 0.438 e. The molecule has 2 aromatic carbocycles. The lowest BCUT2D eigenvalue weighted by atomic mass is 10.3. The van der Waals surface area contributed by atoms with Crippen molar-refractivity contribution in [2.45, 2.75) is 0 Å². The highest BCUT2D eigenvalue weighted by Crippen LogP contribution is 2.14. The monoisotopic (exact) mass is 331 g/mol. The third-order valence-corrected chi connectivity index (χ3v) is 3.23. The van der Waals surface area contributed by atoms with Crippen molar-refractivity contribution in [3.63, 3.8) is 0 Å². The maximum Gasteiger partial charge on any atom is 0.438 e. The summed E-state index contributed by atoms with van der Waals surface area (Å²) in [6, 6.07) is 14.9. The number of halogens is 1. The van der Waals surface area contributed by atoms with Crippen LogP contribution < -0.4 is 5.49 Å². The van der Waals surface area contributed by atoms with E-state index < -0.39 is 10.7 Å². The van der Waals surface area contributed by atoms with E-state index in [1.165, 1.54) is 0 Å². The van der Waals surface area contributed by atoms with E-state index in [0.29, 0.717) is 21.2 Å². The average molecular weight is 332 g/mol. The number of hydrogen-bond acceptors (Lipinski definition) is 5. The first-order valence-electron chi connectivity index (χ1n) is 6.48. The first-order chi connectivity index (χ1) is 11.1. The Bertz CT molecular complexity index is 916. The van der Waals surface area contributed by atoms with Crippen LogP contribution in [-0.4, -0.2) is 24.9 Å². The van der Waals surface area contributed by atoms with E-state index in [4.69, 9.17) is 11.6 Å². The van der Waals surface area contributed by atoms with Gasteiger partial charge in [0.15, 0.2) is 0 Å². The van der Waals surface area contributed by atoms with E-state index in [0.717, 1.165) is 4.80 Å². The van der Waals surface area contributed by atoms with Gasteiger partial charge in [-0.25, -0.2) is 4.99 Å². The van der Waals surface area contributed by atoms with Gasteiger partial charge < -0.3 is 15.3 Å². The van der Waals surface area contributed by atoms with E-state index in [2.05, 4.69) is 10.1 Å². The summed E-state index contributed by atoms with van der Waals surface area (Å²) in [4.78, 5) is 16.1. The van der Waals surface area contributed by atoms with Crippen molar-refractivity contribution in [3.8, 4) is 5.69 Å². The molecule has 0 saturated carbocycles. The van der Waals surface area contributed by atoms with Crippen LogP contribution in [0, 0.1) is 10.1 Å². The van der Waals surface area contributed by atoms with Crippen LogP contribution in [0.1, 0.15) is 0 Å². The Morgan fingerprint density at radius 3 is 2.39 bits per heavy atom.